The van der Waals surface area contributed by atoms with E-state index in [1.165, 1.54) is 32.1 Å². The summed E-state index contributed by atoms with van der Waals surface area (Å²) in [6, 6.07) is 0. The number of rotatable bonds is 14. The van der Waals surface area contributed by atoms with Gasteiger partial charge in [-0.3, -0.25) is 4.18 Å². The van der Waals surface area contributed by atoms with Crippen LogP contribution in [-0.4, -0.2) is 46.0 Å². The molecule has 0 aromatic heterocycles. The second-order valence-corrected chi connectivity index (χ2v) is 5.27. The Morgan fingerprint density at radius 1 is 0.800 bits per heavy atom. The Hall–Kier alpha value is 0.790. The van der Waals surface area contributed by atoms with E-state index in [0.29, 0.717) is 13.2 Å². The first-order chi connectivity index (χ1) is 9.06. The molecule has 0 radical (unpaired) electrons. The van der Waals surface area contributed by atoms with Crippen LogP contribution in [0.4, 0.5) is 0 Å². The van der Waals surface area contributed by atoms with Crippen LogP contribution in [0.5, 0.6) is 0 Å². The maximum atomic E-state index is 10.1. The molecule has 0 bridgehead atoms. The molecule has 0 N–H and O–H groups in total. The van der Waals surface area contributed by atoms with Crippen molar-refractivity contribution in [1.29, 1.82) is 0 Å². The van der Waals surface area contributed by atoms with Gasteiger partial charge in [-0.15, -0.1) is 0 Å². The monoisotopic (exact) mass is 320 g/mol. The zero-order valence-electron chi connectivity index (χ0n) is 12.6. The Bertz CT molecular complexity index is 284. The number of unbranched alkanes of at least 4 members (excludes halogenated alkanes) is 5. The van der Waals surface area contributed by atoms with Gasteiger partial charge < -0.3 is 14.0 Å². The molecule has 20 heavy (non-hydrogen) atoms. The molecule has 0 saturated heterocycles. The van der Waals surface area contributed by atoms with E-state index < -0.39 is 10.4 Å². The van der Waals surface area contributed by atoms with Crippen molar-refractivity contribution >= 4 is 10.4 Å². The minimum atomic E-state index is -4.60. The van der Waals surface area contributed by atoms with E-state index in [1.807, 2.05) is 0 Å². The molecule has 0 saturated carbocycles. The van der Waals surface area contributed by atoms with Gasteiger partial charge in [0.2, 0.25) is 10.4 Å². The van der Waals surface area contributed by atoms with E-state index in [2.05, 4.69) is 11.1 Å². The number of hydrogen-bond donors (Lipinski definition) is 0. The van der Waals surface area contributed by atoms with Crippen molar-refractivity contribution in [3.8, 4) is 0 Å². The van der Waals surface area contributed by atoms with Crippen molar-refractivity contribution in [3.05, 3.63) is 0 Å². The van der Waals surface area contributed by atoms with Crippen molar-refractivity contribution in [2.24, 2.45) is 0 Å². The summed E-state index contributed by atoms with van der Waals surface area (Å²) in [6.07, 6.45) is 7.36. The molecule has 6 nitrogen and oxygen atoms in total. The third-order valence-corrected chi connectivity index (χ3v) is 2.92. The molecule has 0 aliphatic carbocycles. The molecule has 0 fully saturated rings. The Morgan fingerprint density at radius 3 is 1.90 bits per heavy atom. The first kappa shape index (κ1) is 23.1. The van der Waals surface area contributed by atoms with Crippen LogP contribution in [0, 0.1) is 0 Å². The summed E-state index contributed by atoms with van der Waals surface area (Å²) in [6.45, 7) is 3.59. The summed E-state index contributed by atoms with van der Waals surface area (Å²) >= 11 is 0. The van der Waals surface area contributed by atoms with Gasteiger partial charge in [-0.05, 0) is 6.42 Å². The fourth-order valence-electron chi connectivity index (χ4n) is 1.50. The molecule has 0 atom stereocenters. The molecule has 0 aliphatic rings. The molecule has 0 spiro atoms. The van der Waals surface area contributed by atoms with E-state index in [0.717, 1.165) is 13.0 Å². The van der Waals surface area contributed by atoms with Gasteiger partial charge in [-0.2, -0.15) is 0 Å². The fraction of sp³-hybridized carbons (Fsp3) is 1.00. The molecule has 0 heterocycles. The number of ether oxygens (including phenoxy) is 2. The number of hydrogen-bond acceptors (Lipinski definition) is 6. The molecule has 0 amide bonds. The van der Waals surface area contributed by atoms with Crippen LogP contribution in [-0.2, 0) is 24.1 Å². The fourth-order valence-corrected chi connectivity index (χ4v) is 1.77. The van der Waals surface area contributed by atoms with Crippen LogP contribution >= 0.6 is 0 Å². The first-order valence-corrected chi connectivity index (χ1v) is 8.15. The first-order valence-electron chi connectivity index (χ1n) is 6.82. The Balaban J connectivity index is 0. The van der Waals surface area contributed by atoms with Gasteiger partial charge in [-0.1, -0.05) is 39.0 Å². The summed E-state index contributed by atoms with van der Waals surface area (Å²) in [7, 11) is -4.60. The third kappa shape index (κ3) is 21.1. The standard InChI is InChI=1S/C12H26O6S.Na/c1-2-3-4-5-6-7-8-16-9-10-17-11-12-18-19(13,14)15;/h2-12H2,1H3,(H,13,14,15);/q;+1/p-1. The predicted octanol–water partition coefficient (Wildman–Crippen LogP) is -1.14. The zero-order valence-corrected chi connectivity index (χ0v) is 15.5. The van der Waals surface area contributed by atoms with Crippen molar-refractivity contribution < 1.29 is 56.2 Å². The van der Waals surface area contributed by atoms with Crippen molar-refractivity contribution in [1.82, 2.24) is 0 Å². The molecule has 0 rings (SSSR count). The smallest absolute Gasteiger partial charge is 0.726 e. The molecule has 8 heteroatoms. The topological polar surface area (TPSA) is 84.9 Å². The maximum Gasteiger partial charge on any atom is 1.00 e. The van der Waals surface area contributed by atoms with Crippen molar-refractivity contribution in [2.75, 3.05) is 33.0 Å². The van der Waals surface area contributed by atoms with Gasteiger partial charge in [0, 0.05) is 6.61 Å². The normalized spacial score (nSPS) is 11.3. The average molecular weight is 320 g/mol. The van der Waals surface area contributed by atoms with Gasteiger partial charge in [-0.25, -0.2) is 8.42 Å². The Labute approximate surface area is 144 Å². The van der Waals surface area contributed by atoms with Crippen molar-refractivity contribution in [2.45, 2.75) is 45.4 Å². The SMILES string of the molecule is CCCCCCCCOCCOCCOS(=O)(=O)[O-].[Na+]. The van der Waals surface area contributed by atoms with Crippen LogP contribution in [0.25, 0.3) is 0 Å². The van der Waals surface area contributed by atoms with Crippen molar-refractivity contribution in [3.63, 3.8) is 0 Å². The predicted molar refractivity (Wildman–Crippen MR) is 70.7 cm³/mol. The molecular formula is C12H25NaO6S. The van der Waals surface area contributed by atoms with Crippen LogP contribution < -0.4 is 29.6 Å². The molecule has 0 unspecified atom stereocenters. The minimum Gasteiger partial charge on any atom is -0.726 e. The van der Waals surface area contributed by atoms with Crippen LogP contribution in [0.1, 0.15) is 45.4 Å². The minimum absolute atomic E-state index is 0. The second kappa shape index (κ2) is 16.2. The molecule has 0 aliphatic heterocycles. The largest absolute Gasteiger partial charge is 1.00 e. The summed E-state index contributed by atoms with van der Waals surface area (Å²) in [4.78, 5) is 0. The van der Waals surface area contributed by atoms with E-state index in [1.54, 1.807) is 0 Å². The quantitative estimate of drug-likeness (QED) is 0.174. The zero-order chi connectivity index (χ0) is 14.4. The molecule has 0 aromatic carbocycles. The van der Waals surface area contributed by atoms with Gasteiger partial charge >= 0.3 is 29.6 Å². The summed E-state index contributed by atoms with van der Waals surface area (Å²) in [5.41, 5.74) is 0. The van der Waals surface area contributed by atoms with E-state index in [4.69, 9.17) is 9.47 Å². The van der Waals surface area contributed by atoms with E-state index in [9.17, 15) is 13.0 Å². The van der Waals surface area contributed by atoms with Gasteiger partial charge in [0.15, 0.2) is 0 Å². The van der Waals surface area contributed by atoms with Gasteiger partial charge in [0.05, 0.1) is 26.4 Å². The second-order valence-electron chi connectivity index (χ2n) is 4.22. The van der Waals surface area contributed by atoms with Gasteiger partial charge in [0.1, 0.15) is 0 Å². The molecule has 0 aromatic rings. The maximum absolute atomic E-state index is 10.1. The van der Waals surface area contributed by atoms with Gasteiger partial charge in [0.25, 0.3) is 0 Å². The third-order valence-electron chi connectivity index (χ3n) is 2.47. The van der Waals surface area contributed by atoms with E-state index >= 15 is 0 Å². The average Bonchev–Trinajstić information content (AvgIpc) is 2.34. The Morgan fingerprint density at radius 2 is 1.30 bits per heavy atom. The summed E-state index contributed by atoms with van der Waals surface area (Å²) < 4.78 is 44.6. The molecule has 116 valence electrons. The van der Waals surface area contributed by atoms with Crippen LogP contribution in [0.2, 0.25) is 0 Å². The summed E-state index contributed by atoms with van der Waals surface area (Å²) in [5, 5.41) is 0. The Kier molecular flexibility index (Phi) is 18.6. The van der Waals surface area contributed by atoms with E-state index in [-0.39, 0.29) is 42.8 Å². The molecular weight excluding hydrogens is 295 g/mol. The van der Waals surface area contributed by atoms with Crippen LogP contribution in [0.15, 0.2) is 0 Å². The summed E-state index contributed by atoms with van der Waals surface area (Å²) in [5.74, 6) is 0. The van der Waals surface area contributed by atoms with Crippen LogP contribution in [0.3, 0.4) is 0 Å².